The predicted octanol–water partition coefficient (Wildman–Crippen LogP) is 3.10. The molecule has 0 radical (unpaired) electrons. The normalized spacial score (nSPS) is 13.4. The van der Waals surface area contributed by atoms with E-state index in [0.717, 1.165) is 41.9 Å². The van der Waals surface area contributed by atoms with E-state index in [4.69, 9.17) is 22.3 Å². The van der Waals surface area contributed by atoms with E-state index in [1.54, 1.807) is 29.2 Å². The molecule has 33 heavy (non-hydrogen) atoms. The highest BCUT2D eigenvalue weighted by molar-refractivity contribution is 6.34. The van der Waals surface area contributed by atoms with E-state index in [9.17, 15) is 4.79 Å². The Hall–Kier alpha value is -3.43. The van der Waals surface area contributed by atoms with Gasteiger partial charge in [-0.25, -0.2) is 9.97 Å². The molecule has 0 unspecified atom stereocenters. The van der Waals surface area contributed by atoms with Gasteiger partial charge in [0.25, 0.3) is 5.91 Å². The van der Waals surface area contributed by atoms with Crippen LogP contribution in [0.2, 0.25) is 5.02 Å². The summed E-state index contributed by atoms with van der Waals surface area (Å²) in [7, 11) is 1.88. The number of hydrogen-bond acceptors (Lipinski definition) is 6. The van der Waals surface area contributed by atoms with Gasteiger partial charge in [0.15, 0.2) is 11.5 Å². The average Bonchev–Trinajstić information content (AvgIpc) is 3.34. The Bertz CT molecular complexity index is 1320. The van der Waals surface area contributed by atoms with Crippen molar-refractivity contribution in [1.29, 1.82) is 0 Å². The first-order chi connectivity index (χ1) is 16.0. The lowest BCUT2D eigenvalue weighted by molar-refractivity contribution is 0.0951. The van der Waals surface area contributed by atoms with Gasteiger partial charge in [0, 0.05) is 37.6 Å². The number of nitrogens with one attached hydrogen (secondary N) is 2. The second kappa shape index (κ2) is 8.84. The Morgan fingerprint density at radius 1 is 1.27 bits per heavy atom. The zero-order chi connectivity index (χ0) is 22.9. The van der Waals surface area contributed by atoms with Gasteiger partial charge in [0.05, 0.1) is 28.2 Å². The second-order valence-electron chi connectivity index (χ2n) is 8.16. The van der Waals surface area contributed by atoms with Crippen LogP contribution in [-0.4, -0.2) is 49.2 Å². The van der Waals surface area contributed by atoms with Crippen LogP contribution in [0.4, 0.5) is 5.82 Å². The molecule has 1 saturated carbocycles. The molecule has 4 N–H and O–H groups in total. The van der Waals surface area contributed by atoms with E-state index < -0.39 is 0 Å². The quantitative estimate of drug-likeness (QED) is 0.345. The number of amides is 1. The molecule has 3 aromatic heterocycles. The van der Waals surface area contributed by atoms with Crippen LogP contribution in [0.15, 0.2) is 42.9 Å². The lowest BCUT2D eigenvalue weighted by atomic mass is 10.1. The fourth-order valence-corrected chi connectivity index (χ4v) is 3.99. The van der Waals surface area contributed by atoms with Gasteiger partial charge in [-0.3, -0.25) is 13.9 Å². The SMILES string of the molecule is Cn1nccc1-c1cn2c(-c3ccc(C(=O)NC4CC4)c(Cl)c3)cnc2c(NCCCN)n1. The summed E-state index contributed by atoms with van der Waals surface area (Å²) in [5.74, 6) is 0.529. The van der Waals surface area contributed by atoms with Crippen molar-refractivity contribution in [3.8, 4) is 22.6 Å². The van der Waals surface area contributed by atoms with Gasteiger partial charge in [0.2, 0.25) is 0 Å². The summed E-state index contributed by atoms with van der Waals surface area (Å²) in [5.41, 5.74) is 10.2. The number of fused-ring (bicyclic) bond motifs is 1. The van der Waals surface area contributed by atoms with E-state index in [1.165, 1.54) is 0 Å². The van der Waals surface area contributed by atoms with Crippen molar-refractivity contribution < 1.29 is 4.79 Å². The highest BCUT2D eigenvalue weighted by Crippen LogP contribution is 2.30. The first-order valence-electron chi connectivity index (χ1n) is 11.0. The maximum absolute atomic E-state index is 12.5. The zero-order valence-corrected chi connectivity index (χ0v) is 19.0. The Morgan fingerprint density at radius 2 is 2.12 bits per heavy atom. The van der Waals surface area contributed by atoms with Gasteiger partial charge in [-0.15, -0.1) is 0 Å². The molecule has 1 amide bonds. The van der Waals surface area contributed by atoms with Crippen LogP contribution in [0.25, 0.3) is 28.3 Å². The number of nitrogens with two attached hydrogens (primary N) is 1. The van der Waals surface area contributed by atoms with Crippen LogP contribution >= 0.6 is 11.6 Å². The van der Waals surface area contributed by atoms with E-state index >= 15 is 0 Å². The fourth-order valence-electron chi connectivity index (χ4n) is 3.73. The molecule has 9 nitrogen and oxygen atoms in total. The van der Waals surface area contributed by atoms with Crippen molar-refractivity contribution in [3.05, 3.63) is 53.4 Å². The summed E-state index contributed by atoms with van der Waals surface area (Å²) < 4.78 is 3.76. The third-order valence-electron chi connectivity index (χ3n) is 5.67. The van der Waals surface area contributed by atoms with Gasteiger partial charge < -0.3 is 16.4 Å². The van der Waals surface area contributed by atoms with Gasteiger partial charge in [-0.1, -0.05) is 17.7 Å². The molecule has 3 heterocycles. The van der Waals surface area contributed by atoms with E-state index in [1.807, 2.05) is 29.8 Å². The molecule has 1 aliphatic carbocycles. The Balaban J connectivity index is 1.57. The number of anilines is 1. The summed E-state index contributed by atoms with van der Waals surface area (Å²) in [4.78, 5) is 21.9. The topological polar surface area (TPSA) is 115 Å². The Morgan fingerprint density at radius 3 is 2.82 bits per heavy atom. The molecule has 0 aliphatic heterocycles. The van der Waals surface area contributed by atoms with Gasteiger partial charge in [0.1, 0.15) is 5.69 Å². The predicted molar refractivity (Wildman–Crippen MR) is 128 cm³/mol. The van der Waals surface area contributed by atoms with Crippen LogP contribution in [0.5, 0.6) is 0 Å². The van der Waals surface area contributed by atoms with E-state index in [2.05, 4.69) is 20.7 Å². The van der Waals surface area contributed by atoms with Crippen LogP contribution in [0, 0.1) is 0 Å². The molecule has 0 atom stereocenters. The number of hydrogen-bond donors (Lipinski definition) is 3. The van der Waals surface area contributed by atoms with Crippen molar-refractivity contribution in [3.63, 3.8) is 0 Å². The monoisotopic (exact) mass is 464 g/mol. The lowest BCUT2D eigenvalue weighted by Gasteiger charge is -2.12. The lowest BCUT2D eigenvalue weighted by Crippen LogP contribution is -2.25. The largest absolute Gasteiger partial charge is 0.367 e. The van der Waals surface area contributed by atoms with Gasteiger partial charge in [-0.05, 0) is 44.0 Å². The summed E-state index contributed by atoms with van der Waals surface area (Å²) >= 11 is 6.51. The van der Waals surface area contributed by atoms with Crippen molar-refractivity contribution in [1.82, 2.24) is 29.5 Å². The molecule has 0 bridgehead atoms. The minimum absolute atomic E-state index is 0.138. The summed E-state index contributed by atoms with van der Waals surface area (Å²) in [5, 5.41) is 11.0. The average molecular weight is 465 g/mol. The first kappa shape index (κ1) is 21.4. The highest BCUT2D eigenvalue weighted by atomic mass is 35.5. The fraction of sp³-hybridized carbons (Fsp3) is 0.304. The summed E-state index contributed by atoms with van der Waals surface area (Å²) in [6, 6.07) is 7.65. The van der Waals surface area contributed by atoms with Crippen molar-refractivity contribution >= 4 is 29.0 Å². The second-order valence-corrected chi connectivity index (χ2v) is 8.57. The van der Waals surface area contributed by atoms with Gasteiger partial charge in [-0.2, -0.15) is 5.10 Å². The molecule has 1 aliphatic rings. The maximum Gasteiger partial charge on any atom is 0.253 e. The summed E-state index contributed by atoms with van der Waals surface area (Å²) in [6.07, 6.45) is 8.33. The van der Waals surface area contributed by atoms with Crippen molar-refractivity contribution in [2.45, 2.75) is 25.3 Å². The number of carbonyl (C=O) groups excluding carboxylic acids is 1. The Kier molecular flexibility index (Phi) is 5.74. The number of aryl methyl sites for hydroxylation is 1. The molecule has 0 spiro atoms. The van der Waals surface area contributed by atoms with Crippen LogP contribution in [0.3, 0.4) is 0 Å². The van der Waals surface area contributed by atoms with Crippen molar-refractivity contribution in [2.75, 3.05) is 18.4 Å². The van der Waals surface area contributed by atoms with Crippen LogP contribution in [0.1, 0.15) is 29.6 Å². The van der Waals surface area contributed by atoms with Crippen LogP contribution in [-0.2, 0) is 7.05 Å². The molecule has 1 aromatic carbocycles. The minimum Gasteiger partial charge on any atom is -0.367 e. The molecule has 5 rings (SSSR count). The maximum atomic E-state index is 12.5. The third-order valence-corrected chi connectivity index (χ3v) is 5.98. The molecular formula is C23H25ClN8O. The number of aromatic nitrogens is 5. The first-order valence-corrected chi connectivity index (χ1v) is 11.3. The van der Waals surface area contributed by atoms with E-state index in [0.29, 0.717) is 35.1 Å². The molecule has 0 saturated heterocycles. The number of benzene rings is 1. The third kappa shape index (κ3) is 4.29. The number of carbonyl (C=O) groups is 1. The van der Waals surface area contributed by atoms with Gasteiger partial charge >= 0.3 is 0 Å². The molecule has 1 fully saturated rings. The highest BCUT2D eigenvalue weighted by Gasteiger charge is 2.25. The zero-order valence-electron chi connectivity index (χ0n) is 18.3. The minimum atomic E-state index is -0.138. The molecule has 10 heteroatoms. The number of imidazole rings is 1. The number of rotatable bonds is 8. The van der Waals surface area contributed by atoms with Crippen molar-refractivity contribution in [2.24, 2.45) is 12.8 Å². The molecule has 170 valence electrons. The van der Waals surface area contributed by atoms with E-state index in [-0.39, 0.29) is 11.9 Å². The standard InChI is InChI=1S/C23H25ClN8O/c1-31-19(7-10-28-31)18-13-32-20(12-27-22(32)21(30-18)26-9-2-8-25)14-3-6-16(17(24)11-14)23(33)29-15-4-5-15/h3,6-7,10-13,15H,2,4-5,8-9,25H2,1H3,(H,26,30)(H,29,33). The molecule has 4 aromatic rings. The van der Waals surface area contributed by atoms with Crippen LogP contribution < -0.4 is 16.4 Å². The summed E-state index contributed by atoms with van der Waals surface area (Å²) in [6.45, 7) is 1.27. The number of nitrogens with zero attached hydrogens (tertiary/aromatic N) is 5. The molecular weight excluding hydrogens is 440 g/mol. The number of halogens is 1. The Labute approximate surface area is 196 Å². The smallest absolute Gasteiger partial charge is 0.253 e.